The summed E-state index contributed by atoms with van der Waals surface area (Å²) in [7, 11) is 0. The maximum absolute atomic E-state index is 4.10. The van der Waals surface area contributed by atoms with Crippen molar-refractivity contribution in [2.45, 2.75) is 53.9 Å². The highest BCUT2D eigenvalue weighted by Gasteiger charge is 2.18. The molecule has 0 heteroatoms. The van der Waals surface area contributed by atoms with Gasteiger partial charge in [-0.15, -0.1) is 0 Å². The van der Waals surface area contributed by atoms with Crippen molar-refractivity contribution in [1.82, 2.24) is 0 Å². The van der Waals surface area contributed by atoms with Crippen molar-refractivity contribution in [3.63, 3.8) is 0 Å². The molecule has 16 heavy (non-hydrogen) atoms. The number of allylic oxidation sites excluding steroid dienone is 4. The molecule has 0 aliphatic carbocycles. The van der Waals surface area contributed by atoms with E-state index < -0.39 is 0 Å². The van der Waals surface area contributed by atoms with Gasteiger partial charge in [0.25, 0.3) is 0 Å². The van der Waals surface area contributed by atoms with Gasteiger partial charge in [-0.2, -0.15) is 0 Å². The molecule has 0 aliphatic heterocycles. The maximum atomic E-state index is 4.10. The van der Waals surface area contributed by atoms with Crippen molar-refractivity contribution < 1.29 is 0 Å². The van der Waals surface area contributed by atoms with E-state index in [-0.39, 0.29) is 0 Å². The number of hydrogen-bond acceptors (Lipinski definition) is 0. The summed E-state index contributed by atoms with van der Waals surface area (Å²) in [4.78, 5) is 0. The van der Waals surface area contributed by atoms with Gasteiger partial charge in [-0.05, 0) is 45.4 Å². The average Bonchev–Trinajstić information content (AvgIpc) is 2.24. The minimum Gasteiger partial charge on any atom is -0.0959 e. The van der Waals surface area contributed by atoms with Crippen LogP contribution in [0.4, 0.5) is 0 Å². The second kappa shape index (κ2) is 7.49. The molecule has 0 fully saturated rings. The Hall–Kier alpha value is -0.780. The number of rotatable bonds is 7. The first-order valence-electron chi connectivity index (χ1n) is 6.40. The Morgan fingerprint density at radius 3 is 2.19 bits per heavy atom. The summed E-state index contributed by atoms with van der Waals surface area (Å²) in [6.45, 7) is 19.1. The van der Waals surface area contributed by atoms with E-state index in [0.717, 1.165) is 12.0 Å². The molecule has 0 nitrogen and oxygen atoms in total. The van der Waals surface area contributed by atoms with Crippen molar-refractivity contribution in [3.05, 3.63) is 36.0 Å². The van der Waals surface area contributed by atoms with E-state index >= 15 is 0 Å². The lowest BCUT2D eigenvalue weighted by atomic mass is 9.80. The first-order valence-corrected chi connectivity index (χ1v) is 6.40. The van der Waals surface area contributed by atoms with Crippen molar-refractivity contribution >= 4 is 0 Å². The van der Waals surface area contributed by atoms with E-state index in [1.165, 1.54) is 24.0 Å². The topological polar surface area (TPSA) is 0 Å². The zero-order valence-corrected chi connectivity index (χ0v) is 11.8. The van der Waals surface area contributed by atoms with E-state index in [4.69, 9.17) is 0 Å². The lowest BCUT2D eigenvalue weighted by molar-refractivity contribution is 0.380. The fourth-order valence-corrected chi connectivity index (χ4v) is 2.19. The van der Waals surface area contributed by atoms with Crippen LogP contribution in [0.1, 0.15) is 53.9 Å². The highest BCUT2D eigenvalue weighted by molar-refractivity contribution is 5.23. The van der Waals surface area contributed by atoms with E-state index in [0.29, 0.717) is 11.8 Å². The second-order valence-electron chi connectivity index (χ2n) is 4.99. The quantitative estimate of drug-likeness (QED) is 0.391. The first-order chi connectivity index (χ1) is 7.43. The van der Waals surface area contributed by atoms with E-state index in [9.17, 15) is 0 Å². The minimum atomic E-state index is 0.667. The van der Waals surface area contributed by atoms with Crippen LogP contribution in [0.3, 0.4) is 0 Å². The molecule has 0 spiro atoms. The van der Waals surface area contributed by atoms with Crippen molar-refractivity contribution in [1.29, 1.82) is 0 Å². The van der Waals surface area contributed by atoms with Crippen LogP contribution >= 0.6 is 0 Å². The molecule has 2 atom stereocenters. The first kappa shape index (κ1) is 15.2. The van der Waals surface area contributed by atoms with Crippen LogP contribution in [0.25, 0.3) is 0 Å². The van der Waals surface area contributed by atoms with Gasteiger partial charge in [0.05, 0.1) is 0 Å². The van der Waals surface area contributed by atoms with Gasteiger partial charge in [0.1, 0.15) is 0 Å². The highest BCUT2D eigenvalue weighted by atomic mass is 14.2. The Balaban J connectivity index is 4.56. The summed E-state index contributed by atoms with van der Waals surface area (Å²) in [5, 5.41) is 0. The molecule has 0 radical (unpaired) electrons. The Labute approximate surface area is 102 Å². The van der Waals surface area contributed by atoms with Crippen LogP contribution in [-0.2, 0) is 0 Å². The maximum Gasteiger partial charge on any atom is -0.0177 e. The molecule has 0 unspecified atom stereocenters. The number of hydrogen-bond donors (Lipinski definition) is 0. The summed E-state index contributed by atoms with van der Waals surface area (Å²) < 4.78 is 0. The molecule has 0 saturated carbocycles. The highest BCUT2D eigenvalue weighted by Crippen LogP contribution is 2.30. The van der Waals surface area contributed by atoms with Crippen LogP contribution in [0.2, 0.25) is 0 Å². The molecule has 92 valence electrons. The monoisotopic (exact) mass is 220 g/mol. The second-order valence-corrected chi connectivity index (χ2v) is 4.99. The van der Waals surface area contributed by atoms with Gasteiger partial charge in [-0.1, -0.05) is 56.2 Å². The Bertz CT molecular complexity index is 268. The summed E-state index contributed by atoms with van der Waals surface area (Å²) >= 11 is 0. The average molecular weight is 220 g/mol. The Morgan fingerprint density at radius 1 is 1.25 bits per heavy atom. The molecule has 0 N–H and O–H groups in total. The van der Waals surface area contributed by atoms with Crippen LogP contribution in [0, 0.1) is 11.8 Å². The van der Waals surface area contributed by atoms with E-state index in [1.807, 2.05) is 6.92 Å². The lowest BCUT2D eigenvalue weighted by Gasteiger charge is -2.25. The third-order valence-corrected chi connectivity index (χ3v) is 3.50. The molecular weight excluding hydrogens is 192 g/mol. The zero-order valence-electron chi connectivity index (χ0n) is 11.8. The fraction of sp³-hybridized carbons (Fsp3) is 0.625. The van der Waals surface area contributed by atoms with Crippen LogP contribution in [0.5, 0.6) is 0 Å². The van der Waals surface area contributed by atoms with Crippen LogP contribution in [0.15, 0.2) is 36.0 Å². The minimum absolute atomic E-state index is 0.667. The van der Waals surface area contributed by atoms with Gasteiger partial charge >= 0.3 is 0 Å². The molecule has 0 rings (SSSR count). The largest absolute Gasteiger partial charge is 0.0959 e. The van der Waals surface area contributed by atoms with Crippen molar-refractivity contribution in [3.8, 4) is 0 Å². The SMILES string of the molecule is C=C(C)C(=C)C[C@H](C)[C@H](CCC)/C(C)=C/C. The van der Waals surface area contributed by atoms with Gasteiger partial charge in [0, 0.05) is 0 Å². The molecular formula is C16H28. The molecule has 0 amide bonds. The smallest absolute Gasteiger partial charge is 0.0177 e. The van der Waals surface area contributed by atoms with Gasteiger partial charge in [0.2, 0.25) is 0 Å². The molecule has 0 heterocycles. The molecule has 0 saturated heterocycles. The Morgan fingerprint density at radius 2 is 1.81 bits per heavy atom. The van der Waals surface area contributed by atoms with Gasteiger partial charge in [0.15, 0.2) is 0 Å². The molecule has 0 aromatic carbocycles. The predicted octanol–water partition coefficient (Wildman–Crippen LogP) is 5.53. The molecule has 0 aliphatic rings. The zero-order chi connectivity index (χ0) is 12.7. The van der Waals surface area contributed by atoms with E-state index in [1.54, 1.807) is 0 Å². The summed E-state index contributed by atoms with van der Waals surface area (Å²) in [6, 6.07) is 0. The van der Waals surface area contributed by atoms with E-state index in [2.05, 4.69) is 46.9 Å². The van der Waals surface area contributed by atoms with Crippen molar-refractivity contribution in [2.24, 2.45) is 11.8 Å². The fourth-order valence-electron chi connectivity index (χ4n) is 2.19. The predicted molar refractivity (Wildman–Crippen MR) is 75.6 cm³/mol. The Kier molecular flexibility index (Phi) is 7.12. The van der Waals surface area contributed by atoms with Gasteiger partial charge in [-0.3, -0.25) is 0 Å². The van der Waals surface area contributed by atoms with Gasteiger partial charge in [-0.25, -0.2) is 0 Å². The third kappa shape index (κ3) is 4.83. The van der Waals surface area contributed by atoms with Crippen molar-refractivity contribution in [2.75, 3.05) is 0 Å². The molecule has 0 aromatic rings. The normalized spacial score (nSPS) is 15.7. The summed E-state index contributed by atoms with van der Waals surface area (Å²) in [5.74, 6) is 1.37. The van der Waals surface area contributed by atoms with Crippen LogP contribution in [-0.4, -0.2) is 0 Å². The van der Waals surface area contributed by atoms with Crippen LogP contribution < -0.4 is 0 Å². The standard InChI is InChI=1S/C16H28/c1-8-10-16(13(5)9-2)15(7)11-14(6)12(3)4/h9,15-16H,3,6,8,10-11H2,1-2,4-5,7H3/b13-9+/t15-,16+/m0/s1. The third-order valence-electron chi connectivity index (χ3n) is 3.50. The molecule has 0 bridgehead atoms. The molecule has 0 aromatic heterocycles. The summed E-state index contributed by atoms with van der Waals surface area (Å²) in [6.07, 6.45) is 5.85. The van der Waals surface area contributed by atoms with Gasteiger partial charge < -0.3 is 0 Å². The summed E-state index contributed by atoms with van der Waals surface area (Å²) in [5.41, 5.74) is 3.85. The lowest BCUT2D eigenvalue weighted by Crippen LogP contribution is -2.14.